The number of carbonyl (C=O) groups is 1. The quantitative estimate of drug-likeness (QED) is 0.239. The number of carbonyl (C=O) groups excluding carboxylic acids is 1. The van der Waals surface area contributed by atoms with E-state index in [0.29, 0.717) is 59.7 Å². The summed E-state index contributed by atoms with van der Waals surface area (Å²) >= 11 is 6.47. The van der Waals surface area contributed by atoms with E-state index in [4.69, 9.17) is 31.3 Å². The van der Waals surface area contributed by atoms with Gasteiger partial charge >= 0.3 is 6.01 Å². The number of benzene rings is 2. The number of hydrogen-bond donors (Lipinski definition) is 0. The van der Waals surface area contributed by atoms with Gasteiger partial charge in [0.15, 0.2) is 5.65 Å². The number of ether oxygens (including phenoxy) is 1. The Morgan fingerprint density at radius 2 is 1.93 bits per heavy atom. The maximum absolute atomic E-state index is 14.6. The molecule has 3 aliphatic heterocycles. The highest BCUT2D eigenvalue weighted by atomic mass is 35.5. The molecule has 0 unspecified atom stereocenters. The number of pyridine rings is 1. The van der Waals surface area contributed by atoms with Crippen LogP contribution in [0.15, 0.2) is 55.1 Å². The number of nitrogens with zero attached hydrogens (tertiary/aromatic N) is 7. The molecule has 230 valence electrons. The van der Waals surface area contributed by atoms with Crippen molar-refractivity contribution in [1.82, 2.24) is 24.8 Å². The molecule has 11 heteroatoms. The standard InChI is InChI=1S/C34H33ClFN7O2/c1-2-28(44)43-19-18-41(20-23(43)12-15-37)32-25-9-11-27(24-7-3-6-22-8-10-26(36)30(35)29(22)24)38-31(25)39-33(40-32)45-21-34-13-4-16-42(34)17-5-14-34/h2-3,6-11,23H,1,4-5,12-14,16-21H2/t23-/m0/s1. The Kier molecular flexibility index (Phi) is 7.76. The van der Waals surface area contributed by atoms with Crippen LogP contribution in [0.1, 0.15) is 32.1 Å². The Hall–Kier alpha value is -4.33. The molecule has 0 radical (unpaired) electrons. The number of fused-ring (bicyclic) bond motifs is 3. The molecule has 3 fully saturated rings. The molecule has 3 aliphatic rings. The third-order valence-electron chi connectivity index (χ3n) is 9.58. The van der Waals surface area contributed by atoms with Crippen molar-refractivity contribution in [3.05, 3.63) is 66.0 Å². The smallest absolute Gasteiger partial charge is 0.320 e. The van der Waals surface area contributed by atoms with Crippen LogP contribution in [0, 0.1) is 17.1 Å². The van der Waals surface area contributed by atoms with Crippen molar-refractivity contribution in [2.75, 3.05) is 44.2 Å². The van der Waals surface area contributed by atoms with Crippen molar-refractivity contribution in [3.63, 3.8) is 0 Å². The first-order valence-electron chi connectivity index (χ1n) is 15.4. The molecular formula is C34H33ClFN7O2. The summed E-state index contributed by atoms with van der Waals surface area (Å²) in [6, 6.07) is 14.6. The van der Waals surface area contributed by atoms with Crippen LogP contribution in [0.25, 0.3) is 33.1 Å². The Morgan fingerprint density at radius 1 is 1.11 bits per heavy atom. The number of halogens is 2. The molecule has 45 heavy (non-hydrogen) atoms. The van der Waals surface area contributed by atoms with Crippen LogP contribution < -0.4 is 9.64 Å². The zero-order chi connectivity index (χ0) is 31.1. The molecule has 0 saturated carbocycles. The molecular weight excluding hydrogens is 593 g/mol. The van der Waals surface area contributed by atoms with Crippen molar-refractivity contribution in [2.24, 2.45) is 0 Å². The number of anilines is 1. The normalized spacial score (nSPS) is 19.5. The van der Waals surface area contributed by atoms with E-state index in [1.165, 1.54) is 12.1 Å². The molecule has 1 amide bonds. The number of nitriles is 1. The molecule has 5 heterocycles. The van der Waals surface area contributed by atoms with Crippen LogP contribution in [0.4, 0.5) is 10.2 Å². The highest BCUT2D eigenvalue weighted by Gasteiger charge is 2.45. The van der Waals surface area contributed by atoms with Gasteiger partial charge < -0.3 is 14.5 Å². The summed E-state index contributed by atoms with van der Waals surface area (Å²) in [6.07, 6.45) is 5.95. The van der Waals surface area contributed by atoms with E-state index in [1.807, 2.05) is 30.3 Å². The minimum Gasteiger partial charge on any atom is -0.461 e. The first-order valence-corrected chi connectivity index (χ1v) is 15.8. The van der Waals surface area contributed by atoms with Gasteiger partial charge in [0.05, 0.1) is 40.2 Å². The maximum Gasteiger partial charge on any atom is 0.320 e. The fourth-order valence-electron chi connectivity index (χ4n) is 7.35. The largest absolute Gasteiger partial charge is 0.461 e. The Morgan fingerprint density at radius 3 is 2.71 bits per heavy atom. The molecule has 7 rings (SSSR count). The van der Waals surface area contributed by atoms with Gasteiger partial charge in [0.25, 0.3) is 0 Å². The van der Waals surface area contributed by atoms with E-state index < -0.39 is 5.82 Å². The van der Waals surface area contributed by atoms with Crippen molar-refractivity contribution >= 4 is 45.1 Å². The van der Waals surface area contributed by atoms with Crippen molar-refractivity contribution < 1.29 is 13.9 Å². The number of hydrogen-bond acceptors (Lipinski definition) is 8. The van der Waals surface area contributed by atoms with Crippen LogP contribution in [-0.4, -0.2) is 81.6 Å². The average molecular weight is 626 g/mol. The summed E-state index contributed by atoms with van der Waals surface area (Å²) in [7, 11) is 0. The molecule has 0 aliphatic carbocycles. The van der Waals surface area contributed by atoms with Gasteiger partial charge in [-0.1, -0.05) is 42.4 Å². The number of rotatable bonds is 7. The van der Waals surface area contributed by atoms with E-state index in [-0.39, 0.29) is 34.9 Å². The lowest BCUT2D eigenvalue weighted by Gasteiger charge is -2.41. The van der Waals surface area contributed by atoms with Crippen molar-refractivity contribution in [3.8, 4) is 23.3 Å². The maximum atomic E-state index is 14.6. The highest BCUT2D eigenvalue weighted by Crippen LogP contribution is 2.40. The third-order valence-corrected chi connectivity index (χ3v) is 9.95. The van der Waals surface area contributed by atoms with Gasteiger partial charge in [0.2, 0.25) is 5.91 Å². The van der Waals surface area contributed by atoms with E-state index in [2.05, 4.69) is 22.4 Å². The fraction of sp³-hybridized carbons (Fsp3) is 0.382. The fourth-order valence-corrected chi connectivity index (χ4v) is 7.62. The zero-order valence-electron chi connectivity index (χ0n) is 24.9. The molecule has 1 atom stereocenters. The van der Waals surface area contributed by atoms with Gasteiger partial charge in [0.1, 0.15) is 18.2 Å². The van der Waals surface area contributed by atoms with Crippen LogP contribution >= 0.6 is 11.6 Å². The van der Waals surface area contributed by atoms with Gasteiger partial charge in [0, 0.05) is 30.6 Å². The first-order chi connectivity index (χ1) is 21.9. The topological polar surface area (TPSA) is 98.5 Å². The zero-order valence-corrected chi connectivity index (χ0v) is 25.6. The van der Waals surface area contributed by atoms with E-state index in [1.54, 1.807) is 11.0 Å². The lowest BCUT2D eigenvalue weighted by molar-refractivity contribution is -0.128. The summed E-state index contributed by atoms with van der Waals surface area (Å²) in [5, 5.41) is 11.7. The van der Waals surface area contributed by atoms with Crippen LogP contribution in [0.5, 0.6) is 6.01 Å². The van der Waals surface area contributed by atoms with E-state index in [0.717, 1.165) is 44.2 Å². The summed E-state index contributed by atoms with van der Waals surface area (Å²) in [5.74, 6) is -0.0530. The van der Waals surface area contributed by atoms with Gasteiger partial charge in [-0.25, -0.2) is 9.37 Å². The average Bonchev–Trinajstić information content (AvgIpc) is 3.65. The second kappa shape index (κ2) is 11.9. The third kappa shape index (κ3) is 5.24. The van der Waals surface area contributed by atoms with E-state index >= 15 is 0 Å². The van der Waals surface area contributed by atoms with Gasteiger partial charge in [-0.15, -0.1) is 0 Å². The van der Waals surface area contributed by atoms with Gasteiger partial charge in [-0.3, -0.25) is 9.69 Å². The highest BCUT2D eigenvalue weighted by molar-refractivity contribution is 6.36. The first kappa shape index (κ1) is 29.4. The van der Waals surface area contributed by atoms with Gasteiger partial charge in [-0.2, -0.15) is 15.2 Å². The van der Waals surface area contributed by atoms with Crippen LogP contribution in [-0.2, 0) is 4.79 Å². The molecule has 4 aromatic rings. The summed E-state index contributed by atoms with van der Waals surface area (Å²) in [6.45, 7) is 7.63. The lowest BCUT2D eigenvalue weighted by Crippen LogP contribution is -2.55. The SMILES string of the molecule is C=CC(=O)N1CCN(c2nc(OCC34CCCN3CCC4)nc3nc(-c4cccc5ccc(F)c(Cl)c45)ccc23)C[C@@H]1CC#N. The second-order valence-corrected chi connectivity index (χ2v) is 12.4. The molecule has 0 N–H and O–H groups in total. The minimum atomic E-state index is -0.494. The van der Waals surface area contributed by atoms with Gasteiger partial charge in [-0.05, 0) is 68.4 Å². The molecule has 2 aromatic heterocycles. The van der Waals surface area contributed by atoms with Crippen LogP contribution in [0.2, 0.25) is 5.02 Å². The predicted molar refractivity (Wildman–Crippen MR) is 172 cm³/mol. The van der Waals surface area contributed by atoms with Crippen molar-refractivity contribution in [2.45, 2.75) is 43.7 Å². The van der Waals surface area contributed by atoms with E-state index in [9.17, 15) is 14.4 Å². The Labute approximate surface area is 265 Å². The van der Waals surface area contributed by atoms with Crippen molar-refractivity contribution in [1.29, 1.82) is 5.26 Å². The molecule has 0 bridgehead atoms. The number of piperazine rings is 1. The Bertz CT molecular complexity index is 1850. The molecule has 0 spiro atoms. The molecule has 9 nitrogen and oxygen atoms in total. The van der Waals surface area contributed by atoms with Crippen LogP contribution in [0.3, 0.4) is 0 Å². The Balaban J connectivity index is 1.31. The monoisotopic (exact) mass is 625 g/mol. The number of amides is 1. The summed E-state index contributed by atoms with van der Waals surface area (Å²) < 4.78 is 21.0. The lowest BCUT2D eigenvalue weighted by atomic mass is 9.95. The minimum absolute atomic E-state index is 0.00605. The molecule has 3 saturated heterocycles. The second-order valence-electron chi connectivity index (χ2n) is 12.1. The summed E-state index contributed by atoms with van der Waals surface area (Å²) in [5.41, 5.74) is 1.73. The number of aromatic nitrogens is 3. The predicted octanol–water partition coefficient (Wildman–Crippen LogP) is 5.76. The molecule has 2 aromatic carbocycles. The summed E-state index contributed by atoms with van der Waals surface area (Å²) in [4.78, 5) is 33.5.